The molecule has 0 saturated carbocycles. The number of thiophene rings is 1. The number of hydrogen-bond donors (Lipinski definition) is 0. The molecule has 0 atom stereocenters. The lowest BCUT2D eigenvalue weighted by atomic mass is 10.1. The number of ether oxygens (including phenoxy) is 1. The first-order valence-electron chi connectivity index (χ1n) is 6.58. The fraction of sp³-hybridized carbons (Fsp3) is 0.176. The first kappa shape index (κ1) is 15.0. The van der Waals surface area contributed by atoms with Gasteiger partial charge in [-0.3, -0.25) is 0 Å². The predicted octanol–water partition coefficient (Wildman–Crippen LogP) is 4.19. The molecule has 0 saturated heterocycles. The van der Waals surface area contributed by atoms with Gasteiger partial charge in [0, 0.05) is 4.88 Å². The summed E-state index contributed by atoms with van der Waals surface area (Å²) in [4.78, 5) is 12.4. The Morgan fingerprint density at radius 2 is 2.05 bits per heavy atom. The van der Waals surface area contributed by atoms with Crippen LogP contribution in [0.25, 0.3) is 17.2 Å². The third-order valence-corrected chi connectivity index (χ3v) is 3.79. The van der Waals surface area contributed by atoms with Gasteiger partial charge in [-0.2, -0.15) is 5.26 Å². The van der Waals surface area contributed by atoms with Crippen LogP contribution in [0.4, 0.5) is 0 Å². The molecule has 0 fully saturated rings. The third-order valence-electron chi connectivity index (χ3n) is 2.91. The molecule has 3 nitrogen and oxygen atoms in total. The Bertz CT molecular complexity index is 705. The minimum absolute atomic E-state index is 0.0224. The smallest absolute Gasteiger partial charge is 0.348 e. The largest absolute Gasteiger partial charge is 0.462 e. The average Bonchev–Trinajstić information content (AvgIpc) is 2.94. The van der Waals surface area contributed by atoms with Gasteiger partial charge in [-0.25, -0.2) is 4.79 Å². The zero-order valence-electron chi connectivity index (χ0n) is 11.9. The monoisotopic (exact) mass is 297 g/mol. The Balaban J connectivity index is 2.25. The van der Waals surface area contributed by atoms with E-state index in [4.69, 9.17) is 10.00 Å². The first-order chi connectivity index (χ1) is 10.1. The minimum Gasteiger partial charge on any atom is -0.462 e. The van der Waals surface area contributed by atoms with E-state index in [1.54, 1.807) is 13.0 Å². The number of carbonyl (C=O) groups is 1. The molecule has 106 valence electrons. The van der Waals surface area contributed by atoms with Crippen LogP contribution in [0.3, 0.4) is 0 Å². The number of esters is 1. The average molecular weight is 297 g/mol. The summed E-state index contributed by atoms with van der Waals surface area (Å²) in [7, 11) is 0. The van der Waals surface area contributed by atoms with Gasteiger partial charge in [0.2, 0.25) is 0 Å². The lowest BCUT2D eigenvalue weighted by molar-refractivity contribution is -0.137. The van der Waals surface area contributed by atoms with Crippen LogP contribution < -0.4 is 0 Å². The maximum absolute atomic E-state index is 11.6. The molecule has 0 aliphatic carbocycles. The number of aryl methyl sites for hydroxylation is 1. The van der Waals surface area contributed by atoms with Crippen LogP contribution in [0.15, 0.2) is 41.3 Å². The molecule has 0 radical (unpaired) electrons. The molecule has 1 heterocycles. The van der Waals surface area contributed by atoms with E-state index in [9.17, 15) is 4.79 Å². The fourth-order valence-electron chi connectivity index (χ4n) is 1.81. The van der Waals surface area contributed by atoms with Gasteiger partial charge >= 0.3 is 5.97 Å². The summed E-state index contributed by atoms with van der Waals surface area (Å²) < 4.78 is 4.85. The number of nitriles is 1. The maximum Gasteiger partial charge on any atom is 0.348 e. The molecule has 0 amide bonds. The van der Waals surface area contributed by atoms with Crippen LogP contribution in [0.1, 0.15) is 17.4 Å². The van der Waals surface area contributed by atoms with Crippen molar-refractivity contribution in [2.45, 2.75) is 13.8 Å². The van der Waals surface area contributed by atoms with Crippen molar-refractivity contribution in [2.75, 3.05) is 6.61 Å². The second kappa shape index (κ2) is 6.87. The van der Waals surface area contributed by atoms with E-state index in [1.165, 1.54) is 16.9 Å². The summed E-state index contributed by atoms with van der Waals surface area (Å²) in [6, 6.07) is 12.1. The second-order valence-electron chi connectivity index (χ2n) is 4.49. The topological polar surface area (TPSA) is 50.1 Å². The van der Waals surface area contributed by atoms with Gasteiger partial charge in [-0.05, 0) is 42.5 Å². The Kier molecular flexibility index (Phi) is 4.91. The molecule has 0 N–H and O–H groups in total. The van der Waals surface area contributed by atoms with Crippen molar-refractivity contribution in [3.8, 4) is 17.2 Å². The molecule has 1 aromatic carbocycles. The lowest BCUT2D eigenvalue weighted by Crippen LogP contribution is -2.05. The summed E-state index contributed by atoms with van der Waals surface area (Å²) in [6.07, 6.45) is 1.57. The molecule has 2 aromatic rings. The van der Waals surface area contributed by atoms with Crippen LogP contribution in [0.5, 0.6) is 0 Å². The molecule has 4 heteroatoms. The van der Waals surface area contributed by atoms with E-state index < -0.39 is 5.97 Å². The van der Waals surface area contributed by atoms with Crippen LogP contribution in [0, 0.1) is 18.3 Å². The van der Waals surface area contributed by atoms with Crippen LogP contribution in [-0.4, -0.2) is 12.6 Å². The van der Waals surface area contributed by atoms with Crippen molar-refractivity contribution in [1.29, 1.82) is 5.26 Å². The van der Waals surface area contributed by atoms with Gasteiger partial charge in [0.25, 0.3) is 0 Å². The second-order valence-corrected chi connectivity index (χ2v) is 5.44. The standard InChI is InChI=1S/C17H15NO2S/c1-3-20-17(19)14(10-18)8-16-9-15(11-21-16)13-6-4-12(2)5-7-13/h4-9,11H,3H2,1-2H3/b14-8+. The van der Waals surface area contributed by atoms with Gasteiger partial charge in [0.05, 0.1) is 6.61 Å². The molecule has 1 aromatic heterocycles. The van der Waals surface area contributed by atoms with Gasteiger partial charge in [-0.15, -0.1) is 11.3 Å². The summed E-state index contributed by atoms with van der Waals surface area (Å²) in [6.45, 7) is 4.02. The summed E-state index contributed by atoms with van der Waals surface area (Å²) in [5, 5.41) is 11.0. The van der Waals surface area contributed by atoms with Gasteiger partial charge in [0.1, 0.15) is 11.6 Å². The molecular formula is C17H15NO2S. The van der Waals surface area contributed by atoms with Gasteiger partial charge < -0.3 is 4.74 Å². The van der Waals surface area contributed by atoms with E-state index in [-0.39, 0.29) is 12.2 Å². The van der Waals surface area contributed by atoms with E-state index in [1.807, 2.05) is 24.4 Å². The molecule has 0 unspecified atom stereocenters. The molecule has 21 heavy (non-hydrogen) atoms. The zero-order chi connectivity index (χ0) is 15.2. The van der Waals surface area contributed by atoms with Crippen LogP contribution in [-0.2, 0) is 9.53 Å². The number of rotatable bonds is 4. The zero-order valence-corrected chi connectivity index (χ0v) is 12.7. The van der Waals surface area contributed by atoms with Crippen molar-refractivity contribution in [3.05, 3.63) is 51.7 Å². The number of hydrogen-bond acceptors (Lipinski definition) is 4. The first-order valence-corrected chi connectivity index (χ1v) is 7.46. The molecule has 2 rings (SSSR count). The fourth-order valence-corrected chi connectivity index (χ4v) is 2.66. The third kappa shape index (κ3) is 3.80. The highest BCUT2D eigenvalue weighted by Gasteiger charge is 2.10. The highest BCUT2D eigenvalue weighted by atomic mass is 32.1. The minimum atomic E-state index is -0.578. The highest BCUT2D eigenvalue weighted by Crippen LogP contribution is 2.27. The SMILES string of the molecule is CCOC(=O)/C(C#N)=C/c1cc(-c2ccc(C)cc2)cs1. The van der Waals surface area contributed by atoms with Crippen LogP contribution >= 0.6 is 11.3 Å². The predicted molar refractivity (Wildman–Crippen MR) is 84.7 cm³/mol. The van der Waals surface area contributed by atoms with Crippen LogP contribution in [0.2, 0.25) is 0 Å². The van der Waals surface area contributed by atoms with Crippen molar-refractivity contribution >= 4 is 23.4 Å². The van der Waals surface area contributed by atoms with E-state index in [0.717, 1.165) is 16.0 Å². The number of benzene rings is 1. The van der Waals surface area contributed by atoms with Crippen molar-refractivity contribution in [1.82, 2.24) is 0 Å². The van der Waals surface area contributed by atoms with Crippen molar-refractivity contribution in [3.63, 3.8) is 0 Å². The quantitative estimate of drug-likeness (QED) is 0.483. The summed E-state index contributed by atoms with van der Waals surface area (Å²) in [5.41, 5.74) is 3.43. The molecule has 0 aliphatic rings. The van der Waals surface area contributed by atoms with E-state index in [0.29, 0.717) is 0 Å². The van der Waals surface area contributed by atoms with Gasteiger partial charge in [0.15, 0.2) is 0 Å². The highest BCUT2D eigenvalue weighted by molar-refractivity contribution is 7.11. The Morgan fingerprint density at radius 1 is 1.33 bits per heavy atom. The number of nitrogens with zero attached hydrogens (tertiary/aromatic N) is 1. The van der Waals surface area contributed by atoms with Crippen molar-refractivity contribution < 1.29 is 9.53 Å². The molecule has 0 bridgehead atoms. The Hall–Kier alpha value is -2.38. The molecular weight excluding hydrogens is 282 g/mol. The summed E-state index contributed by atoms with van der Waals surface area (Å²) >= 11 is 1.49. The Labute approximate surface area is 128 Å². The summed E-state index contributed by atoms with van der Waals surface area (Å²) in [5.74, 6) is -0.578. The molecule has 0 spiro atoms. The molecule has 0 aliphatic heterocycles. The maximum atomic E-state index is 11.6. The van der Waals surface area contributed by atoms with Gasteiger partial charge in [-0.1, -0.05) is 29.8 Å². The number of carbonyl (C=O) groups excluding carboxylic acids is 1. The normalized spacial score (nSPS) is 11.0. The Morgan fingerprint density at radius 3 is 2.67 bits per heavy atom. The van der Waals surface area contributed by atoms with E-state index >= 15 is 0 Å². The van der Waals surface area contributed by atoms with Crippen molar-refractivity contribution in [2.24, 2.45) is 0 Å². The lowest BCUT2D eigenvalue weighted by Gasteiger charge is -1.98. The van der Waals surface area contributed by atoms with E-state index in [2.05, 4.69) is 24.3 Å².